The first-order valence-corrected chi connectivity index (χ1v) is 4.08. The van der Waals surface area contributed by atoms with Gasteiger partial charge in [0.25, 0.3) is 0 Å². The van der Waals surface area contributed by atoms with Gasteiger partial charge in [-0.1, -0.05) is 0 Å². The summed E-state index contributed by atoms with van der Waals surface area (Å²) in [6.07, 6.45) is -3.22. The van der Waals surface area contributed by atoms with E-state index in [0.717, 1.165) is 12.3 Å². The Labute approximate surface area is 78.5 Å². The van der Waals surface area contributed by atoms with Gasteiger partial charge in [0.1, 0.15) is 0 Å². The maximum atomic E-state index is 12.3. The van der Waals surface area contributed by atoms with Crippen LogP contribution in [-0.2, 0) is 12.1 Å². The van der Waals surface area contributed by atoms with Gasteiger partial charge in [-0.2, -0.15) is 13.2 Å². The average Bonchev–Trinajstić information content (AvgIpc) is 2.02. The molecule has 0 amide bonds. The van der Waals surface area contributed by atoms with Gasteiger partial charge in [0.2, 0.25) is 0 Å². The normalized spacial score (nSPS) is 11.8. The van der Waals surface area contributed by atoms with Gasteiger partial charge in [0.05, 0.1) is 5.56 Å². The van der Waals surface area contributed by atoms with Crippen molar-refractivity contribution in [3.8, 4) is 0 Å². The Kier molecular flexibility index (Phi) is 2.81. The van der Waals surface area contributed by atoms with Gasteiger partial charge >= 0.3 is 6.18 Å². The van der Waals surface area contributed by atoms with E-state index >= 15 is 0 Å². The fourth-order valence-electron chi connectivity index (χ4n) is 1.03. The predicted octanol–water partition coefficient (Wildman–Crippen LogP) is 3.15. The van der Waals surface area contributed by atoms with Crippen molar-refractivity contribution in [2.24, 2.45) is 0 Å². The van der Waals surface area contributed by atoms with E-state index in [1.54, 1.807) is 0 Å². The Hall–Kier alpha value is -0.770. The van der Waals surface area contributed by atoms with Gasteiger partial charge in [0.15, 0.2) is 0 Å². The molecule has 0 aliphatic rings. The SMILES string of the molecule is Cc1nccc(C(F)(F)F)c1CCl. The molecule has 0 fully saturated rings. The molecule has 13 heavy (non-hydrogen) atoms. The standard InChI is InChI=1S/C8H7ClF3N/c1-5-6(4-9)7(2-3-13-5)8(10,11)12/h2-3H,4H2,1H3. The van der Waals surface area contributed by atoms with Crippen molar-refractivity contribution in [1.82, 2.24) is 4.98 Å². The van der Waals surface area contributed by atoms with Crippen molar-refractivity contribution in [3.05, 3.63) is 29.1 Å². The van der Waals surface area contributed by atoms with Crippen molar-refractivity contribution in [3.63, 3.8) is 0 Å². The molecule has 0 aliphatic carbocycles. The van der Waals surface area contributed by atoms with E-state index in [4.69, 9.17) is 11.6 Å². The van der Waals surface area contributed by atoms with Crippen LogP contribution < -0.4 is 0 Å². The van der Waals surface area contributed by atoms with Crippen LogP contribution in [0, 0.1) is 6.92 Å². The molecule has 0 bridgehead atoms. The van der Waals surface area contributed by atoms with Gasteiger partial charge in [-0.3, -0.25) is 4.98 Å². The maximum Gasteiger partial charge on any atom is 0.416 e. The fraction of sp³-hybridized carbons (Fsp3) is 0.375. The molecule has 0 aromatic carbocycles. The fourth-order valence-corrected chi connectivity index (χ4v) is 1.37. The van der Waals surface area contributed by atoms with Crippen molar-refractivity contribution in [2.75, 3.05) is 0 Å². The first kappa shape index (κ1) is 10.3. The zero-order valence-electron chi connectivity index (χ0n) is 6.82. The minimum Gasteiger partial charge on any atom is -0.261 e. The zero-order valence-corrected chi connectivity index (χ0v) is 7.58. The van der Waals surface area contributed by atoms with E-state index in [0.29, 0.717) is 5.69 Å². The molecule has 1 heterocycles. The van der Waals surface area contributed by atoms with Gasteiger partial charge in [-0.15, -0.1) is 11.6 Å². The molecule has 0 saturated carbocycles. The Morgan fingerprint density at radius 1 is 1.46 bits per heavy atom. The first-order chi connectivity index (χ1) is 5.96. The second-order valence-electron chi connectivity index (χ2n) is 2.55. The zero-order chi connectivity index (χ0) is 10.1. The molecule has 1 aromatic heterocycles. The van der Waals surface area contributed by atoms with Crippen LogP contribution in [0.2, 0.25) is 0 Å². The summed E-state index contributed by atoms with van der Waals surface area (Å²) in [6, 6.07) is 0.935. The summed E-state index contributed by atoms with van der Waals surface area (Å²) in [5.41, 5.74) is -0.323. The van der Waals surface area contributed by atoms with E-state index in [1.165, 1.54) is 6.92 Å². The topological polar surface area (TPSA) is 12.9 Å². The van der Waals surface area contributed by atoms with E-state index in [9.17, 15) is 13.2 Å². The smallest absolute Gasteiger partial charge is 0.261 e. The highest BCUT2D eigenvalue weighted by Crippen LogP contribution is 2.33. The van der Waals surface area contributed by atoms with Crippen LogP contribution >= 0.6 is 11.6 Å². The summed E-state index contributed by atoms with van der Waals surface area (Å²) in [7, 11) is 0. The quantitative estimate of drug-likeness (QED) is 0.648. The third-order valence-corrected chi connectivity index (χ3v) is 1.98. The van der Waals surface area contributed by atoms with Gasteiger partial charge in [-0.25, -0.2) is 0 Å². The number of halogens is 4. The number of nitrogens with zero attached hydrogens (tertiary/aromatic N) is 1. The molecule has 72 valence electrons. The van der Waals surface area contributed by atoms with Crippen molar-refractivity contribution < 1.29 is 13.2 Å². The molecule has 5 heteroatoms. The van der Waals surface area contributed by atoms with Crippen LogP contribution in [-0.4, -0.2) is 4.98 Å². The minimum atomic E-state index is -4.35. The Morgan fingerprint density at radius 3 is 2.46 bits per heavy atom. The number of pyridine rings is 1. The van der Waals surface area contributed by atoms with Gasteiger partial charge in [-0.05, 0) is 13.0 Å². The lowest BCUT2D eigenvalue weighted by atomic mass is 10.1. The number of aryl methyl sites for hydroxylation is 1. The Morgan fingerprint density at radius 2 is 2.08 bits per heavy atom. The molecular weight excluding hydrogens is 203 g/mol. The van der Waals surface area contributed by atoms with Crippen molar-refractivity contribution in [2.45, 2.75) is 19.0 Å². The highest BCUT2D eigenvalue weighted by atomic mass is 35.5. The summed E-state index contributed by atoms with van der Waals surface area (Å²) >= 11 is 5.40. The predicted molar refractivity (Wildman–Crippen MR) is 43.5 cm³/mol. The molecular formula is C8H7ClF3N. The Bertz CT molecular complexity index is 309. The van der Waals surface area contributed by atoms with Crippen LogP contribution in [0.25, 0.3) is 0 Å². The van der Waals surface area contributed by atoms with Crippen molar-refractivity contribution in [1.29, 1.82) is 0 Å². The van der Waals surface area contributed by atoms with Crippen LogP contribution in [0.15, 0.2) is 12.3 Å². The number of rotatable bonds is 1. The summed E-state index contributed by atoms with van der Waals surface area (Å²) in [5, 5.41) is 0. The molecule has 0 radical (unpaired) electrons. The Balaban J connectivity index is 3.29. The van der Waals surface area contributed by atoms with Crippen LogP contribution in [0.4, 0.5) is 13.2 Å². The molecule has 0 unspecified atom stereocenters. The first-order valence-electron chi connectivity index (χ1n) is 3.54. The number of aromatic nitrogens is 1. The lowest BCUT2D eigenvalue weighted by molar-refractivity contribution is -0.138. The molecule has 0 atom stereocenters. The second kappa shape index (κ2) is 3.54. The van der Waals surface area contributed by atoms with Crippen molar-refractivity contribution >= 4 is 11.6 Å². The van der Waals surface area contributed by atoms with E-state index in [1.807, 2.05) is 0 Å². The monoisotopic (exact) mass is 209 g/mol. The summed E-state index contributed by atoms with van der Waals surface area (Å²) in [4.78, 5) is 3.74. The number of alkyl halides is 4. The lowest BCUT2D eigenvalue weighted by Gasteiger charge is -2.11. The molecule has 0 N–H and O–H groups in total. The second-order valence-corrected chi connectivity index (χ2v) is 2.82. The maximum absolute atomic E-state index is 12.3. The molecule has 1 aromatic rings. The average molecular weight is 210 g/mol. The summed E-state index contributed by atoms with van der Waals surface area (Å²) in [5.74, 6) is -0.172. The summed E-state index contributed by atoms with van der Waals surface area (Å²) < 4.78 is 37.0. The highest BCUT2D eigenvalue weighted by molar-refractivity contribution is 6.17. The summed E-state index contributed by atoms with van der Waals surface area (Å²) in [6.45, 7) is 1.51. The largest absolute Gasteiger partial charge is 0.416 e. The molecule has 1 nitrogen and oxygen atoms in total. The molecule has 0 spiro atoms. The molecule has 0 saturated heterocycles. The van der Waals surface area contributed by atoms with E-state index < -0.39 is 11.7 Å². The van der Waals surface area contributed by atoms with Crippen LogP contribution in [0.3, 0.4) is 0 Å². The minimum absolute atomic E-state index is 0.0525. The van der Waals surface area contributed by atoms with E-state index in [-0.39, 0.29) is 11.4 Å². The lowest BCUT2D eigenvalue weighted by Crippen LogP contribution is -2.10. The molecule has 1 rings (SSSR count). The van der Waals surface area contributed by atoms with Crippen LogP contribution in [0.1, 0.15) is 16.8 Å². The third kappa shape index (κ3) is 2.12. The number of hydrogen-bond donors (Lipinski definition) is 0. The van der Waals surface area contributed by atoms with Crippen LogP contribution in [0.5, 0.6) is 0 Å². The van der Waals surface area contributed by atoms with Gasteiger partial charge in [0, 0.05) is 23.3 Å². The number of hydrogen-bond acceptors (Lipinski definition) is 1. The molecule has 0 aliphatic heterocycles. The highest BCUT2D eigenvalue weighted by Gasteiger charge is 2.33. The van der Waals surface area contributed by atoms with E-state index in [2.05, 4.69) is 4.98 Å². The third-order valence-electron chi connectivity index (χ3n) is 1.71. The van der Waals surface area contributed by atoms with Gasteiger partial charge < -0.3 is 0 Å².